The van der Waals surface area contributed by atoms with Crippen molar-refractivity contribution >= 4 is 17.8 Å². The van der Waals surface area contributed by atoms with Gasteiger partial charge in [-0.3, -0.25) is 9.59 Å². The van der Waals surface area contributed by atoms with Crippen LogP contribution in [-0.4, -0.2) is 23.9 Å². The summed E-state index contributed by atoms with van der Waals surface area (Å²) < 4.78 is 5.05. The molecule has 0 unspecified atom stereocenters. The molecule has 0 bridgehead atoms. The highest BCUT2D eigenvalue weighted by Crippen LogP contribution is 2.19. The number of carbonyl (C=O) groups is 2. The standard InChI is InChI=1S/C17H15NO4/c1-22-13-6-2-11(3-7-13)4-8-15(19)12-5-9-16(20)14(10-12)17(18)21/h2-10,20H,1H3,(H2,18,21). The zero-order valence-corrected chi connectivity index (χ0v) is 11.9. The Labute approximate surface area is 127 Å². The number of rotatable bonds is 5. The first-order chi connectivity index (χ1) is 10.5. The van der Waals surface area contributed by atoms with Crippen molar-refractivity contribution in [3.63, 3.8) is 0 Å². The van der Waals surface area contributed by atoms with Crippen molar-refractivity contribution in [2.45, 2.75) is 0 Å². The Hall–Kier alpha value is -3.08. The lowest BCUT2D eigenvalue weighted by Gasteiger charge is -2.02. The minimum absolute atomic E-state index is 0.0799. The summed E-state index contributed by atoms with van der Waals surface area (Å²) in [5, 5.41) is 9.50. The Morgan fingerprint density at radius 1 is 1.14 bits per heavy atom. The second-order valence-corrected chi connectivity index (χ2v) is 4.57. The number of aromatic hydroxyl groups is 1. The maximum Gasteiger partial charge on any atom is 0.252 e. The third kappa shape index (κ3) is 3.52. The molecule has 0 saturated heterocycles. The highest BCUT2D eigenvalue weighted by molar-refractivity contribution is 6.08. The number of hydrogen-bond donors (Lipinski definition) is 2. The molecule has 2 aromatic carbocycles. The lowest BCUT2D eigenvalue weighted by Crippen LogP contribution is -2.12. The fraction of sp³-hybridized carbons (Fsp3) is 0.0588. The Morgan fingerprint density at radius 2 is 1.82 bits per heavy atom. The fourth-order valence-corrected chi connectivity index (χ4v) is 1.87. The number of allylic oxidation sites excluding steroid dienone is 1. The van der Waals surface area contributed by atoms with Crippen LogP contribution < -0.4 is 10.5 Å². The van der Waals surface area contributed by atoms with E-state index in [-0.39, 0.29) is 22.7 Å². The number of carbonyl (C=O) groups excluding carboxylic acids is 2. The van der Waals surface area contributed by atoms with Crippen molar-refractivity contribution in [2.24, 2.45) is 5.73 Å². The number of hydrogen-bond acceptors (Lipinski definition) is 4. The molecule has 2 rings (SSSR count). The number of ketones is 1. The maximum absolute atomic E-state index is 12.1. The monoisotopic (exact) mass is 297 g/mol. The largest absolute Gasteiger partial charge is 0.507 e. The Kier molecular flexibility index (Phi) is 4.58. The van der Waals surface area contributed by atoms with E-state index < -0.39 is 5.91 Å². The first kappa shape index (κ1) is 15.3. The van der Waals surface area contributed by atoms with Crippen LogP contribution in [0.15, 0.2) is 48.5 Å². The molecule has 112 valence electrons. The molecule has 0 spiro atoms. The third-order valence-electron chi connectivity index (χ3n) is 3.09. The molecule has 22 heavy (non-hydrogen) atoms. The van der Waals surface area contributed by atoms with Crippen molar-refractivity contribution in [1.82, 2.24) is 0 Å². The molecule has 3 N–H and O–H groups in total. The van der Waals surface area contributed by atoms with Gasteiger partial charge in [0.1, 0.15) is 11.5 Å². The molecular formula is C17H15NO4. The van der Waals surface area contributed by atoms with Crippen LogP contribution in [0.3, 0.4) is 0 Å². The van der Waals surface area contributed by atoms with E-state index in [9.17, 15) is 14.7 Å². The number of primary amides is 1. The Bertz CT molecular complexity index is 733. The number of amides is 1. The first-order valence-electron chi connectivity index (χ1n) is 6.50. The second kappa shape index (κ2) is 6.58. The van der Waals surface area contributed by atoms with Crippen LogP contribution in [0, 0.1) is 0 Å². The van der Waals surface area contributed by atoms with E-state index in [2.05, 4.69) is 0 Å². The van der Waals surface area contributed by atoms with Crippen molar-refractivity contribution < 1.29 is 19.4 Å². The average Bonchev–Trinajstić information content (AvgIpc) is 2.53. The number of phenols is 1. The van der Waals surface area contributed by atoms with Gasteiger partial charge in [0.25, 0.3) is 5.91 Å². The van der Waals surface area contributed by atoms with E-state index in [1.54, 1.807) is 25.3 Å². The number of benzene rings is 2. The van der Waals surface area contributed by atoms with Gasteiger partial charge in [0.15, 0.2) is 5.78 Å². The molecule has 0 aromatic heterocycles. The minimum Gasteiger partial charge on any atom is -0.507 e. The summed E-state index contributed by atoms with van der Waals surface area (Å²) in [6, 6.07) is 11.2. The molecule has 1 amide bonds. The van der Waals surface area contributed by atoms with Gasteiger partial charge in [0.2, 0.25) is 0 Å². The van der Waals surface area contributed by atoms with Crippen LogP contribution in [0.1, 0.15) is 26.3 Å². The lowest BCUT2D eigenvalue weighted by atomic mass is 10.0. The normalized spacial score (nSPS) is 10.6. The summed E-state index contributed by atoms with van der Waals surface area (Å²) in [6.45, 7) is 0. The smallest absolute Gasteiger partial charge is 0.252 e. The third-order valence-corrected chi connectivity index (χ3v) is 3.09. The van der Waals surface area contributed by atoms with Gasteiger partial charge in [-0.25, -0.2) is 0 Å². The van der Waals surface area contributed by atoms with Crippen LogP contribution in [0.5, 0.6) is 11.5 Å². The predicted molar refractivity (Wildman–Crippen MR) is 83.0 cm³/mol. The summed E-state index contributed by atoms with van der Waals surface area (Å²) >= 11 is 0. The summed E-state index contributed by atoms with van der Waals surface area (Å²) in [5.41, 5.74) is 6.17. The molecule has 0 atom stereocenters. The van der Waals surface area contributed by atoms with Crippen molar-refractivity contribution in [1.29, 1.82) is 0 Å². The van der Waals surface area contributed by atoms with Gasteiger partial charge in [-0.05, 0) is 42.0 Å². The number of methoxy groups -OCH3 is 1. The van der Waals surface area contributed by atoms with Gasteiger partial charge in [-0.1, -0.05) is 18.2 Å². The first-order valence-corrected chi connectivity index (χ1v) is 6.50. The molecule has 0 aliphatic rings. The van der Waals surface area contributed by atoms with Crippen molar-refractivity contribution in [2.75, 3.05) is 7.11 Å². The van der Waals surface area contributed by atoms with E-state index in [1.807, 2.05) is 12.1 Å². The van der Waals surface area contributed by atoms with Crippen LogP contribution >= 0.6 is 0 Å². The highest BCUT2D eigenvalue weighted by atomic mass is 16.5. The molecule has 5 nitrogen and oxygen atoms in total. The fourth-order valence-electron chi connectivity index (χ4n) is 1.87. The molecule has 5 heteroatoms. The van der Waals surface area contributed by atoms with Crippen molar-refractivity contribution in [3.05, 3.63) is 65.2 Å². The quantitative estimate of drug-likeness (QED) is 0.655. The molecule has 2 aromatic rings. The molecule has 0 heterocycles. The molecule has 0 aliphatic carbocycles. The zero-order valence-electron chi connectivity index (χ0n) is 11.9. The van der Waals surface area contributed by atoms with Gasteiger partial charge >= 0.3 is 0 Å². The van der Waals surface area contributed by atoms with E-state index in [0.717, 1.165) is 11.3 Å². The van der Waals surface area contributed by atoms with Gasteiger partial charge in [0, 0.05) is 5.56 Å². The predicted octanol–water partition coefficient (Wildman–Crippen LogP) is 2.40. The molecular weight excluding hydrogens is 282 g/mol. The summed E-state index contributed by atoms with van der Waals surface area (Å²) in [7, 11) is 1.58. The zero-order chi connectivity index (χ0) is 16.1. The van der Waals surface area contributed by atoms with E-state index in [1.165, 1.54) is 24.3 Å². The van der Waals surface area contributed by atoms with Crippen LogP contribution in [0.4, 0.5) is 0 Å². The van der Waals surface area contributed by atoms with E-state index in [0.29, 0.717) is 0 Å². The SMILES string of the molecule is COc1ccc(C=CC(=O)c2ccc(O)c(C(N)=O)c2)cc1. The molecule has 0 fully saturated rings. The van der Waals surface area contributed by atoms with Crippen LogP contribution in [0.2, 0.25) is 0 Å². The van der Waals surface area contributed by atoms with E-state index in [4.69, 9.17) is 10.5 Å². The Balaban J connectivity index is 2.19. The second-order valence-electron chi connectivity index (χ2n) is 4.57. The summed E-state index contributed by atoms with van der Waals surface area (Å²) in [6.07, 6.45) is 3.04. The van der Waals surface area contributed by atoms with Crippen molar-refractivity contribution in [3.8, 4) is 11.5 Å². The molecule has 0 aliphatic heterocycles. The van der Waals surface area contributed by atoms with Gasteiger partial charge in [-0.2, -0.15) is 0 Å². The van der Waals surface area contributed by atoms with Gasteiger partial charge < -0.3 is 15.6 Å². The van der Waals surface area contributed by atoms with Crippen LogP contribution in [-0.2, 0) is 0 Å². The lowest BCUT2D eigenvalue weighted by molar-refractivity contribution is 0.0997. The highest BCUT2D eigenvalue weighted by Gasteiger charge is 2.11. The molecule has 0 radical (unpaired) electrons. The van der Waals surface area contributed by atoms with E-state index >= 15 is 0 Å². The average molecular weight is 297 g/mol. The van der Waals surface area contributed by atoms with Crippen LogP contribution in [0.25, 0.3) is 6.08 Å². The Morgan fingerprint density at radius 3 is 2.41 bits per heavy atom. The maximum atomic E-state index is 12.1. The van der Waals surface area contributed by atoms with Gasteiger partial charge in [-0.15, -0.1) is 0 Å². The molecule has 0 saturated carbocycles. The number of ether oxygens (including phenoxy) is 1. The number of nitrogens with two attached hydrogens (primary N) is 1. The summed E-state index contributed by atoms with van der Waals surface area (Å²) in [4.78, 5) is 23.2. The minimum atomic E-state index is -0.786. The summed E-state index contributed by atoms with van der Waals surface area (Å²) in [5.74, 6) is -0.596. The topological polar surface area (TPSA) is 89.6 Å². The van der Waals surface area contributed by atoms with Gasteiger partial charge in [0.05, 0.1) is 12.7 Å².